The van der Waals surface area contributed by atoms with Gasteiger partial charge in [0.05, 0.1) is 29.3 Å². The molecule has 4 aromatic heterocycles. The average Bonchev–Trinajstić information content (AvgIpc) is 3.48. The molecule has 0 fully saturated rings. The number of imidazole rings is 1. The largest absolute Gasteiger partial charge is 0.340 e. The SMILES string of the molecule is Cc1nc(-c2ccc(C)c(NC(=O)c3cnn4cc(-c5cn(C)cn5)ccc34)c2)no1. The molecule has 1 N–H and O–H groups in total. The number of rotatable bonds is 4. The standard InChI is InChI=1S/C22H19N7O2/c1-13-4-5-15(21-25-14(2)31-27-21)8-18(13)26-22(30)17-9-24-29-10-16(6-7-20(17)29)19-11-28(3)12-23-19/h4-12H,1-3H3,(H,26,30). The zero-order valence-corrected chi connectivity index (χ0v) is 17.2. The topological polar surface area (TPSA) is 103 Å². The number of carbonyl (C=O) groups is 1. The highest BCUT2D eigenvalue weighted by Gasteiger charge is 2.16. The second-order valence-electron chi connectivity index (χ2n) is 7.35. The van der Waals surface area contributed by atoms with Crippen molar-refractivity contribution in [3.05, 3.63) is 72.3 Å². The van der Waals surface area contributed by atoms with Crippen molar-refractivity contribution in [3.8, 4) is 22.6 Å². The molecule has 0 radical (unpaired) electrons. The van der Waals surface area contributed by atoms with Crippen LogP contribution in [0.1, 0.15) is 21.8 Å². The number of fused-ring (bicyclic) bond motifs is 1. The van der Waals surface area contributed by atoms with Crippen molar-refractivity contribution >= 4 is 17.1 Å². The number of nitrogens with zero attached hydrogens (tertiary/aromatic N) is 6. The minimum absolute atomic E-state index is 0.245. The lowest BCUT2D eigenvalue weighted by atomic mass is 10.1. The van der Waals surface area contributed by atoms with E-state index in [-0.39, 0.29) is 5.91 Å². The molecular formula is C22H19N7O2. The first-order valence-electron chi connectivity index (χ1n) is 9.66. The van der Waals surface area contributed by atoms with Crippen LogP contribution < -0.4 is 5.32 Å². The molecular weight excluding hydrogens is 394 g/mol. The van der Waals surface area contributed by atoms with Crippen LogP contribution >= 0.6 is 0 Å². The van der Waals surface area contributed by atoms with Crippen LogP contribution in [0.5, 0.6) is 0 Å². The quantitative estimate of drug-likeness (QED) is 0.482. The summed E-state index contributed by atoms with van der Waals surface area (Å²) in [7, 11) is 1.92. The van der Waals surface area contributed by atoms with Gasteiger partial charge in [0.2, 0.25) is 11.7 Å². The summed E-state index contributed by atoms with van der Waals surface area (Å²) in [6, 6.07) is 9.44. The second-order valence-corrected chi connectivity index (χ2v) is 7.35. The maximum atomic E-state index is 13.0. The Kier molecular flexibility index (Phi) is 4.36. The maximum Gasteiger partial charge on any atom is 0.259 e. The second kappa shape index (κ2) is 7.21. The smallest absolute Gasteiger partial charge is 0.259 e. The Morgan fingerprint density at radius 3 is 2.68 bits per heavy atom. The fourth-order valence-electron chi connectivity index (χ4n) is 3.37. The Bertz CT molecular complexity index is 1430. The van der Waals surface area contributed by atoms with Gasteiger partial charge in [-0.05, 0) is 30.7 Å². The summed E-state index contributed by atoms with van der Waals surface area (Å²) in [6.45, 7) is 3.66. The molecule has 5 aromatic rings. The fourth-order valence-corrected chi connectivity index (χ4v) is 3.37. The first-order chi connectivity index (χ1) is 15.0. The molecule has 4 heterocycles. The highest BCUT2D eigenvalue weighted by molar-refractivity contribution is 6.09. The van der Waals surface area contributed by atoms with Crippen LogP contribution in [-0.4, -0.2) is 35.2 Å². The lowest BCUT2D eigenvalue weighted by molar-refractivity contribution is 0.102. The van der Waals surface area contributed by atoms with Crippen molar-refractivity contribution in [2.75, 3.05) is 5.32 Å². The molecule has 0 aliphatic heterocycles. The number of anilines is 1. The molecule has 31 heavy (non-hydrogen) atoms. The Hall–Kier alpha value is -4.27. The number of amides is 1. The van der Waals surface area contributed by atoms with Crippen LogP contribution in [0.3, 0.4) is 0 Å². The molecule has 154 valence electrons. The van der Waals surface area contributed by atoms with E-state index in [4.69, 9.17) is 4.52 Å². The summed E-state index contributed by atoms with van der Waals surface area (Å²) in [6.07, 6.45) is 7.10. The van der Waals surface area contributed by atoms with Gasteiger partial charge in [0.15, 0.2) is 0 Å². The van der Waals surface area contributed by atoms with Gasteiger partial charge in [-0.3, -0.25) is 4.79 Å². The molecule has 0 aliphatic rings. The van der Waals surface area contributed by atoms with Crippen LogP contribution in [0.2, 0.25) is 0 Å². The summed E-state index contributed by atoms with van der Waals surface area (Å²) in [5.41, 5.74) is 5.31. The third kappa shape index (κ3) is 3.46. The van der Waals surface area contributed by atoms with Gasteiger partial charge in [-0.25, -0.2) is 9.50 Å². The van der Waals surface area contributed by atoms with Crippen LogP contribution in [0.25, 0.3) is 28.2 Å². The first-order valence-corrected chi connectivity index (χ1v) is 9.66. The van der Waals surface area contributed by atoms with E-state index in [2.05, 4.69) is 25.5 Å². The normalized spacial score (nSPS) is 11.2. The zero-order valence-electron chi connectivity index (χ0n) is 17.2. The summed E-state index contributed by atoms with van der Waals surface area (Å²) >= 11 is 0. The van der Waals surface area contributed by atoms with Gasteiger partial charge in [-0.1, -0.05) is 17.3 Å². The van der Waals surface area contributed by atoms with Crippen LogP contribution in [0, 0.1) is 13.8 Å². The Labute approximate surface area is 177 Å². The van der Waals surface area contributed by atoms with Gasteiger partial charge < -0.3 is 14.4 Å². The lowest BCUT2D eigenvalue weighted by Crippen LogP contribution is -2.12. The Morgan fingerprint density at radius 1 is 1.10 bits per heavy atom. The summed E-state index contributed by atoms with van der Waals surface area (Å²) in [5, 5.41) is 11.3. The fraction of sp³-hybridized carbons (Fsp3) is 0.136. The number of aryl methyl sites for hydroxylation is 3. The monoisotopic (exact) mass is 413 g/mol. The van der Waals surface area contributed by atoms with E-state index >= 15 is 0 Å². The van der Waals surface area contributed by atoms with Gasteiger partial charge >= 0.3 is 0 Å². The molecule has 1 aromatic carbocycles. The third-order valence-corrected chi connectivity index (χ3v) is 5.03. The van der Waals surface area contributed by atoms with E-state index in [1.165, 1.54) is 0 Å². The van der Waals surface area contributed by atoms with Crippen LogP contribution in [0.15, 0.2) is 59.8 Å². The van der Waals surface area contributed by atoms with Crippen LogP contribution in [0.4, 0.5) is 5.69 Å². The molecule has 0 aliphatic carbocycles. The van der Waals surface area contributed by atoms with Crippen molar-refractivity contribution in [2.24, 2.45) is 7.05 Å². The summed E-state index contributed by atoms with van der Waals surface area (Å²) < 4.78 is 8.62. The molecule has 0 atom stereocenters. The minimum atomic E-state index is -0.245. The molecule has 1 amide bonds. The van der Waals surface area contributed by atoms with Crippen molar-refractivity contribution in [3.63, 3.8) is 0 Å². The number of carbonyl (C=O) groups excluding carboxylic acids is 1. The third-order valence-electron chi connectivity index (χ3n) is 5.03. The van der Waals surface area contributed by atoms with Gasteiger partial charge in [0, 0.05) is 43.2 Å². The Morgan fingerprint density at radius 2 is 1.94 bits per heavy atom. The highest BCUT2D eigenvalue weighted by atomic mass is 16.5. The number of aromatic nitrogens is 6. The van der Waals surface area contributed by atoms with Gasteiger partial charge in [-0.2, -0.15) is 10.1 Å². The molecule has 0 saturated carbocycles. The lowest BCUT2D eigenvalue weighted by Gasteiger charge is -2.09. The van der Waals surface area contributed by atoms with E-state index in [0.717, 1.165) is 22.4 Å². The van der Waals surface area contributed by atoms with Gasteiger partial charge in [-0.15, -0.1) is 0 Å². The number of nitrogens with one attached hydrogen (secondary N) is 1. The zero-order chi connectivity index (χ0) is 21.5. The molecule has 9 nitrogen and oxygen atoms in total. The average molecular weight is 413 g/mol. The number of hydrogen-bond acceptors (Lipinski definition) is 6. The van der Waals surface area contributed by atoms with E-state index in [1.807, 2.05) is 61.3 Å². The predicted molar refractivity (Wildman–Crippen MR) is 115 cm³/mol. The Balaban J connectivity index is 1.44. The molecule has 0 bridgehead atoms. The molecule has 5 rings (SSSR count). The van der Waals surface area contributed by atoms with Crippen molar-refractivity contribution in [2.45, 2.75) is 13.8 Å². The maximum absolute atomic E-state index is 13.0. The van der Waals surface area contributed by atoms with E-state index in [9.17, 15) is 4.79 Å². The van der Waals surface area contributed by atoms with Gasteiger partial charge in [0.1, 0.15) is 0 Å². The van der Waals surface area contributed by atoms with E-state index in [0.29, 0.717) is 28.5 Å². The molecule has 0 unspecified atom stereocenters. The van der Waals surface area contributed by atoms with Crippen molar-refractivity contribution in [1.29, 1.82) is 0 Å². The highest BCUT2D eigenvalue weighted by Crippen LogP contribution is 2.25. The summed E-state index contributed by atoms with van der Waals surface area (Å²) in [4.78, 5) is 21.6. The van der Waals surface area contributed by atoms with Crippen molar-refractivity contribution in [1.82, 2.24) is 29.3 Å². The minimum Gasteiger partial charge on any atom is -0.340 e. The predicted octanol–water partition coefficient (Wildman–Crippen LogP) is 3.65. The van der Waals surface area contributed by atoms with Crippen molar-refractivity contribution < 1.29 is 9.32 Å². The summed E-state index contributed by atoms with van der Waals surface area (Å²) in [5.74, 6) is 0.716. The van der Waals surface area contributed by atoms with E-state index < -0.39 is 0 Å². The first kappa shape index (κ1) is 18.7. The van der Waals surface area contributed by atoms with Gasteiger partial charge in [0.25, 0.3) is 5.91 Å². The molecule has 0 spiro atoms. The molecule has 0 saturated heterocycles. The number of pyridine rings is 1. The number of benzene rings is 1. The van der Waals surface area contributed by atoms with Crippen LogP contribution in [-0.2, 0) is 7.05 Å². The molecule has 9 heteroatoms. The number of hydrogen-bond donors (Lipinski definition) is 1. The van der Waals surface area contributed by atoms with E-state index in [1.54, 1.807) is 24.0 Å².